The number of carbonyl (C=O) groups excluding carboxylic acids is 1. The van der Waals surface area contributed by atoms with E-state index in [0.717, 1.165) is 6.07 Å². The summed E-state index contributed by atoms with van der Waals surface area (Å²) in [5, 5.41) is 0. The molecule has 2 aromatic rings. The second kappa shape index (κ2) is 5.40. The number of methoxy groups -OCH3 is 1. The number of rotatable bonds is 3. The second-order valence-electron chi connectivity index (χ2n) is 3.91. The van der Waals surface area contributed by atoms with Gasteiger partial charge in [0.05, 0.1) is 18.2 Å². The van der Waals surface area contributed by atoms with E-state index in [1.54, 1.807) is 18.2 Å². The van der Waals surface area contributed by atoms with Crippen LogP contribution in [0.1, 0.15) is 15.9 Å². The Hall–Kier alpha value is -1.88. The number of nitrogens with two attached hydrogens (primary N) is 1. The first-order valence-corrected chi connectivity index (χ1v) is 6.25. The number of hydrogen-bond acceptors (Lipinski definition) is 3. The van der Waals surface area contributed by atoms with Crippen LogP contribution in [0.3, 0.4) is 0 Å². The van der Waals surface area contributed by atoms with Crippen molar-refractivity contribution in [3.8, 4) is 5.75 Å². The molecule has 0 heterocycles. The highest BCUT2D eigenvalue weighted by Gasteiger charge is 2.18. The first kappa shape index (κ1) is 13.5. The van der Waals surface area contributed by atoms with E-state index in [1.165, 1.54) is 19.2 Å². The molecule has 5 heteroatoms. The molecule has 0 bridgehead atoms. The van der Waals surface area contributed by atoms with Gasteiger partial charge < -0.3 is 10.5 Å². The molecule has 0 aromatic heterocycles. The Bertz CT molecular complexity index is 643. The van der Waals surface area contributed by atoms with Crippen LogP contribution in [0.5, 0.6) is 5.75 Å². The summed E-state index contributed by atoms with van der Waals surface area (Å²) in [6.07, 6.45) is 0. The SMILES string of the molecule is COc1ccc(Br)cc1C(=O)c1ccc(N)cc1F. The third-order valence-corrected chi connectivity index (χ3v) is 3.14. The van der Waals surface area contributed by atoms with Crippen molar-refractivity contribution in [1.29, 1.82) is 0 Å². The maximum Gasteiger partial charge on any atom is 0.199 e. The molecule has 2 aromatic carbocycles. The lowest BCUT2D eigenvalue weighted by atomic mass is 10.0. The van der Waals surface area contributed by atoms with E-state index in [9.17, 15) is 9.18 Å². The van der Waals surface area contributed by atoms with Crippen LogP contribution in [0.4, 0.5) is 10.1 Å². The van der Waals surface area contributed by atoms with Gasteiger partial charge in [-0.25, -0.2) is 4.39 Å². The molecule has 0 saturated heterocycles. The molecule has 0 radical (unpaired) electrons. The fourth-order valence-electron chi connectivity index (χ4n) is 1.72. The number of halogens is 2. The topological polar surface area (TPSA) is 52.3 Å². The lowest BCUT2D eigenvalue weighted by Gasteiger charge is -2.09. The molecule has 0 saturated carbocycles. The lowest BCUT2D eigenvalue weighted by molar-refractivity contribution is 0.103. The van der Waals surface area contributed by atoms with Crippen LogP contribution in [0.2, 0.25) is 0 Å². The summed E-state index contributed by atoms with van der Waals surface area (Å²) in [4.78, 5) is 12.3. The molecule has 0 aliphatic heterocycles. The van der Waals surface area contributed by atoms with Gasteiger partial charge in [-0.1, -0.05) is 15.9 Å². The van der Waals surface area contributed by atoms with Crippen molar-refractivity contribution < 1.29 is 13.9 Å². The van der Waals surface area contributed by atoms with E-state index < -0.39 is 11.6 Å². The molecular weight excluding hydrogens is 313 g/mol. The van der Waals surface area contributed by atoms with E-state index in [0.29, 0.717) is 15.8 Å². The fourth-order valence-corrected chi connectivity index (χ4v) is 2.08. The summed E-state index contributed by atoms with van der Waals surface area (Å²) in [6.45, 7) is 0. The molecule has 0 atom stereocenters. The Kier molecular flexibility index (Phi) is 3.85. The quantitative estimate of drug-likeness (QED) is 0.695. The summed E-state index contributed by atoms with van der Waals surface area (Å²) in [7, 11) is 1.46. The second-order valence-corrected chi connectivity index (χ2v) is 4.83. The van der Waals surface area contributed by atoms with E-state index >= 15 is 0 Å². The van der Waals surface area contributed by atoms with Gasteiger partial charge in [0.2, 0.25) is 0 Å². The molecule has 2 N–H and O–H groups in total. The highest BCUT2D eigenvalue weighted by molar-refractivity contribution is 9.10. The lowest BCUT2D eigenvalue weighted by Crippen LogP contribution is -2.07. The molecule has 19 heavy (non-hydrogen) atoms. The van der Waals surface area contributed by atoms with Gasteiger partial charge in [0.25, 0.3) is 0 Å². The fraction of sp³-hybridized carbons (Fsp3) is 0.0714. The van der Waals surface area contributed by atoms with Crippen molar-refractivity contribution in [2.75, 3.05) is 12.8 Å². The number of ketones is 1. The van der Waals surface area contributed by atoms with E-state index in [4.69, 9.17) is 10.5 Å². The van der Waals surface area contributed by atoms with E-state index in [1.807, 2.05) is 0 Å². The predicted octanol–water partition coefficient (Wildman–Crippen LogP) is 3.41. The summed E-state index contributed by atoms with van der Waals surface area (Å²) in [5.41, 5.74) is 5.99. The standard InChI is InChI=1S/C14H11BrFNO2/c1-19-13-5-2-8(15)6-11(13)14(18)10-4-3-9(17)7-12(10)16/h2-7H,17H2,1H3. The highest BCUT2D eigenvalue weighted by Crippen LogP contribution is 2.26. The molecule has 98 valence electrons. The van der Waals surface area contributed by atoms with Crippen molar-refractivity contribution in [1.82, 2.24) is 0 Å². The smallest absolute Gasteiger partial charge is 0.199 e. The molecule has 0 fully saturated rings. The van der Waals surface area contributed by atoms with Crippen molar-refractivity contribution >= 4 is 27.4 Å². The highest BCUT2D eigenvalue weighted by atomic mass is 79.9. The Morgan fingerprint density at radius 1 is 1.21 bits per heavy atom. The van der Waals surface area contributed by atoms with Crippen molar-refractivity contribution in [3.05, 3.63) is 57.8 Å². The normalized spacial score (nSPS) is 10.3. The molecular formula is C14H11BrFNO2. The van der Waals surface area contributed by atoms with Crippen molar-refractivity contribution in [2.45, 2.75) is 0 Å². The van der Waals surface area contributed by atoms with Gasteiger partial charge in [0, 0.05) is 10.2 Å². The average molecular weight is 324 g/mol. The molecule has 0 unspecified atom stereocenters. The average Bonchev–Trinajstić information content (AvgIpc) is 2.38. The van der Waals surface area contributed by atoms with Crippen LogP contribution < -0.4 is 10.5 Å². The largest absolute Gasteiger partial charge is 0.496 e. The first-order chi connectivity index (χ1) is 9.02. The molecule has 0 aliphatic rings. The first-order valence-electron chi connectivity index (χ1n) is 5.46. The molecule has 3 nitrogen and oxygen atoms in total. The van der Waals surface area contributed by atoms with Crippen LogP contribution >= 0.6 is 15.9 Å². The Labute approximate surface area is 118 Å². The Morgan fingerprint density at radius 2 is 1.95 bits per heavy atom. The molecule has 2 rings (SSSR count). The monoisotopic (exact) mass is 323 g/mol. The maximum atomic E-state index is 13.8. The van der Waals surface area contributed by atoms with E-state index in [-0.39, 0.29) is 11.3 Å². The number of hydrogen-bond donors (Lipinski definition) is 1. The van der Waals surface area contributed by atoms with Gasteiger partial charge in [0.15, 0.2) is 5.78 Å². The Balaban J connectivity index is 2.52. The van der Waals surface area contributed by atoms with Crippen LogP contribution in [-0.4, -0.2) is 12.9 Å². The van der Waals surface area contributed by atoms with Gasteiger partial charge in [-0.3, -0.25) is 4.79 Å². The van der Waals surface area contributed by atoms with Gasteiger partial charge in [0.1, 0.15) is 11.6 Å². The van der Waals surface area contributed by atoms with Gasteiger partial charge >= 0.3 is 0 Å². The van der Waals surface area contributed by atoms with Gasteiger partial charge in [-0.15, -0.1) is 0 Å². The van der Waals surface area contributed by atoms with Gasteiger partial charge in [-0.05, 0) is 36.4 Å². The third kappa shape index (κ3) is 2.76. The van der Waals surface area contributed by atoms with Gasteiger partial charge in [-0.2, -0.15) is 0 Å². The number of anilines is 1. The van der Waals surface area contributed by atoms with Crippen LogP contribution in [0, 0.1) is 5.82 Å². The summed E-state index contributed by atoms with van der Waals surface area (Å²) >= 11 is 3.27. The van der Waals surface area contributed by atoms with E-state index in [2.05, 4.69) is 15.9 Å². The predicted molar refractivity (Wildman–Crippen MR) is 74.9 cm³/mol. The summed E-state index contributed by atoms with van der Waals surface area (Å²) < 4.78 is 19.6. The number of carbonyl (C=O) groups is 1. The maximum absolute atomic E-state index is 13.8. The zero-order chi connectivity index (χ0) is 14.0. The third-order valence-electron chi connectivity index (χ3n) is 2.64. The molecule has 0 spiro atoms. The summed E-state index contributed by atoms with van der Waals surface area (Å²) in [6, 6.07) is 8.96. The minimum absolute atomic E-state index is 0.0365. The number of nitrogen functional groups attached to an aromatic ring is 1. The number of benzene rings is 2. The number of ether oxygens (including phenoxy) is 1. The summed E-state index contributed by atoms with van der Waals surface area (Å²) in [5.74, 6) is -0.702. The minimum atomic E-state index is -0.646. The zero-order valence-corrected chi connectivity index (χ0v) is 11.7. The van der Waals surface area contributed by atoms with Crippen molar-refractivity contribution in [3.63, 3.8) is 0 Å². The zero-order valence-electron chi connectivity index (χ0n) is 10.1. The Morgan fingerprint density at radius 3 is 2.58 bits per heavy atom. The van der Waals surface area contributed by atoms with Crippen LogP contribution in [0.15, 0.2) is 40.9 Å². The van der Waals surface area contributed by atoms with Crippen LogP contribution in [0.25, 0.3) is 0 Å². The molecule has 0 aliphatic carbocycles. The van der Waals surface area contributed by atoms with Crippen molar-refractivity contribution in [2.24, 2.45) is 0 Å². The van der Waals surface area contributed by atoms with Crippen LogP contribution in [-0.2, 0) is 0 Å². The molecule has 0 amide bonds. The minimum Gasteiger partial charge on any atom is -0.496 e.